The summed E-state index contributed by atoms with van der Waals surface area (Å²) >= 11 is 0. The fourth-order valence-corrected chi connectivity index (χ4v) is 2.67. The van der Waals surface area contributed by atoms with Crippen LogP contribution in [0.3, 0.4) is 0 Å². The lowest BCUT2D eigenvalue weighted by Gasteiger charge is -2.32. The van der Waals surface area contributed by atoms with Crippen molar-refractivity contribution in [3.8, 4) is 0 Å². The fraction of sp³-hybridized carbons (Fsp3) is 0.478. The topological polar surface area (TPSA) is 12.0 Å². The van der Waals surface area contributed by atoms with E-state index in [2.05, 4.69) is 90.2 Å². The molecule has 0 radical (unpaired) electrons. The molecule has 1 N–H and O–H groups in total. The molecule has 0 fully saturated rings. The number of anilines is 2. The van der Waals surface area contributed by atoms with E-state index in [9.17, 15) is 0 Å². The van der Waals surface area contributed by atoms with Crippen molar-refractivity contribution in [1.29, 1.82) is 0 Å². The Hall–Kier alpha value is -1.76. The Kier molecular flexibility index (Phi) is 7.08. The van der Waals surface area contributed by atoms with Crippen LogP contribution in [0.2, 0.25) is 0 Å². The second kappa shape index (κ2) is 8.37. The van der Waals surface area contributed by atoms with E-state index in [4.69, 9.17) is 0 Å². The average Bonchev–Trinajstić information content (AvgIpc) is 2.53. The molecule has 0 amide bonds. The summed E-state index contributed by atoms with van der Waals surface area (Å²) < 4.78 is 0. The lowest BCUT2D eigenvalue weighted by atomic mass is 9.74. The molecule has 1 heteroatoms. The van der Waals surface area contributed by atoms with Crippen LogP contribution in [0, 0.1) is 26.7 Å². The second-order valence-corrected chi connectivity index (χ2v) is 7.30. The van der Waals surface area contributed by atoms with Crippen LogP contribution in [0.25, 0.3) is 0 Å². The molecule has 0 saturated heterocycles. The van der Waals surface area contributed by atoms with E-state index < -0.39 is 0 Å². The normalized spacial score (nSPS) is 11.1. The highest BCUT2D eigenvalue weighted by atomic mass is 14.9. The lowest BCUT2D eigenvalue weighted by molar-refractivity contribution is 0.373. The Balaban J connectivity index is 0.00000139. The molecule has 0 atom stereocenters. The summed E-state index contributed by atoms with van der Waals surface area (Å²) in [7, 11) is 0. The molecule has 0 saturated carbocycles. The van der Waals surface area contributed by atoms with Crippen LogP contribution in [0.1, 0.15) is 63.8 Å². The minimum absolute atomic E-state index is 0.133. The first kappa shape index (κ1) is 20.3. The van der Waals surface area contributed by atoms with Gasteiger partial charge >= 0.3 is 0 Å². The van der Waals surface area contributed by atoms with Crippen LogP contribution in [-0.2, 0) is 5.41 Å². The van der Waals surface area contributed by atoms with Gasteiger partial charge in [-0.25, -0.2) is 0 Å². The molecule has 132 valence electrons. The molecule has 0 aliphatic heterocycles. The van der Waals surface area contributed by atoms with Gasteiger partial charge in [0, 0.05) is 11.4 Å². The Morgan fingerprint density at radius 2 is 1.50 bits per heavy atom. The molecule has 0 bridgehead atoms. The van der Waals surface area contributed by atoms with Crippen molar-refractivity contribution in [2.24, 2.45) is 5.92 Å². The molecule has 2 rings (SSSR count). The molecule has 0 heterocycles. The highest BCUT2D eigenvalue weighted by Crippen LogP contribution is 2.38. The Labute approximate surface area is 149 Å². The van der Waals surface area contributed by atoms with E-state index in [1.54, 1.807) is 0 Å². The highest BCUT2D eigenvalue weighted by molar-refractivity contribution is 5.68. The third kappa shape index (κ3) is 4.41. The zero-order valence-corrected chi connectivity index (χ0v) is 17.0. The summed E-state index contributed by atoms with van der Waals surface area (Å²) in [5.74, 6) is 0.578. The molecule has 24 heavy (non-hydrogen) atoms. The molecular weight excluding hydrogens is 290 g/mol. The van der Waals surface area contributed by atoms with Crippen molar-refractivity contribution in [1.82, 2.24) is 0 Å². The summed E-state index contributed by atoms with van der Waals surface area (Å²) in [4.78, 5) is 0. The zero-order valence-electron chi connectivity index (χ0n) is 17.0. The summed E-state index contributed by atoms with van der Waals surface area (Å²) in [5, 5.41) is 3.68. The van der Waals surface area contributed by atoms with Crippen molar-refractivity contribution in [3.05, 3.63) is 58.7 Å². The molecular formula is C23H35N. The van der Waals surface area contributed by atoms with Gasteiger partial charge < -0.3 is 5.32 Å². The number of nitrogens with one attached hydrogen (secondary N) is 1. The molecule has 2 aromatic rings. The van der Waals surface area contributed by atoms with Gasteiger partial charge in [-0.15, -0.1) is 0 Å². The fourth-order valence-electron chi connectivity index (χ4n) is 2.67. The standard InChI is InChI=1S/C21H29N.C2H6/c1-14(2)21(6,7)18-12-11-15(3)13-20(18)22-19-10-8-9-16(4)17(19)5;1-2/h8-14,22H,1-7H3;1-2H3. The lowest BCUT2D eigenvalue weighted by Crippen LogP contribution is -2.25. The largest absolute Gasteiger partial charge is 0.355 e. The van der Waals surface area contributed by atoms with E-state index in [1.807, 2.05) is 13.8 Å². The SMILES string of the molecule is CC.Cc1ccc(C(C)(C)C(C)C)c(Nc2cccc(C)c2C)c1. The first-order chi connectivity index (χ1) is 11.2. The summed E-state index contributed by atoms with van der Waals surface area (Å²) in [6.45, 7) is 19.7. The van der Waals surface area contributed by atoms with Crippen molar-refractivity contribution < 1.29 is 0 Å². The third-order valence-corrected chi connectivity index (χ3v) is 5.19. The van der Waals surface area contributed by atoms with Crippen molar-refractivity contribution in [2.45, 2.75) is 67.7 Å². The summed E-state index contributed by atoms with van der Waals surface area (Å²) in [6, 6.07) is 13.2. The van der Waals surface area contributed by atoms with Gasteiger partial charge in [0.05, 0.1) is 0 Å². The predicted octanol–water partition coefficient (Wildman–Crippen LogP) is 7.32. The number of hydrogen-bond donors (Lipinski definition) is 1. The maximum atomic E-state index is 3.68. The smallest absolute Gasteiger partial charge is 0.0425 e. The van der Waals surface area contributed by atoms with Crippen LogP contribution in [0.4, 0.5) is 11.4 Å². The van der Waals surface area contributed by atoms with E-state index >= 15 is 0 Å². The van der Waals surface area contributed by atoms with Gasteiger partial charge in [-0.05, 0) is 66.5 Å². The molecule has 0 aliphatic carbocycles. The van der Waals surface area contributed by atoms with Crippen molar-refractivity contribution in [2.75, 3.05) is 5.32 Å². The number of aryl methyl sites for hydroxylation is 2. The van der Waals surface area contributed by atoms with Crippen LogP contribution >= 0.6 is 0 Å². The van der Waals surface area contributed by atoms with Crippen LogP contribution in [-0.4, -0.2) is 0 Å². The second-order valence-electron chi connectivity index (χ2n) is 7.30. The van der Waals surface area contributed by atoms with Gasteiger partial charge in [0.25, 0.3) is 0 Å². The van der Waals surface area contributed by atoms with Gasteiger partial charge in [0.15, 0.2) is 0 Å². The zero-order chi connectivity index (χ0) is 18.5. The Morgan fingerprint density at radius 3 is 2.08 bits per heavy atom. The monoisotopic (exact) mass is 325 g/mol. The van der Waals surface area contributed by atoms with Crippen molar-refractivity contribution >= 4 is 11.4 Å². The average molecular weight is 326 g/mol. The molecule has 0 spiro atoms. The molecule has 2 aromatic carbocycles. The van der Waals surface area contributed by atoms with Gasteiger partial charge in [0.2, 0.25) is 0 Å². The third-order valence-electron chi connectivity index (χ3n) is 5.19. The van der Waals surface area contributed by atoms with Crippen LogP contribution in [0.5, 0.6) is 0 Å². The first-order valence-corrected chi connectivity index (χ1v) is 9.18. The molecule has 0 aromatic heterocycles. The maximum Gasteiger partial charge on any atom is 0.0425 e. The minimum atomic E-state index is 0.133. The van der Waals surface area contributed by atoms with Gasteiger partial charge in [-0.1, -0.05) is 65.8 Å². The van der Waals surface area contributed by atoms with Crippen molar-refractivity contribution in [3.63, 3.8) is 0 Å². The summed E-state index contributed by atoms with van der Waals surface area (Å²) in [5.41, 5.74) is 7.87. The maximum absolute atomic E-state index is 3.68. The number of benzene rings is 2. The molecule has 0 unspecified atom stereocenters. The van der Waals surface area contributed by atoms with Gasteiger partial charge in [0.1, 0.15) is 0 Å². The predicted molar refractivity (Wildman–Crippen MR) is 110 cm³/mol. The van der Waals surface area contributed by atoms with E-state index in [-0.39, 0.29) is 5.41 Å². The van der Waals surface area contributed by atoms with Crippen LogP contribution in [0.15, 0.2) is 36.4 Å². The quantitative estimate of drug-likeness (QED) is 0.621. The van der Waals surface area contributed by atoms with E-state index in [1.165, 1.54) is 33.6 Å². The minimum Gasteiger partial charge on any atom is -0.355 e. The van der Waals surface area contributed by atoms with Crippen LogP contribution < -0.4 is 5.32 Å². The van der Waals surface area contributed by atoms with Gasteiger partial charge in [-0.2, -0.15) is 0 Å². The highest BCUT2D eigenvalue weighted by Gasteiger charge is 2.27. The summed E-state index contributed by atoms with van der Waals surface area (Å²) in [6.07, 6.45) is 0. The number of rotatable bonds is 4. The molecule has 0 aliphatic rings. The van der Waals surface area contributed by atoms with Gasteiger partial charge in [-0.3, -0.25) is 0 Å². The van der Waals surface area contributed by atoms with E-state index in [0.29, 0.717) is 5.92 Å². The first-order valence-electron chi connectivity index (χ1n) is 9.18. The molecule has 1 nitrogen and oxygen atoms in total. The van der Waals surface area contributed by atoms with E-state index in [0.717, 1.165) is 0 Å². The Morgan fingerprint density at radius 1 is 0.875 bits per heavy atom. The Bertz CT molecular complexity index is 666. The number of hydrogen-bond acceptors (Lipinski definition) is 1.